The summed E-state index contributed by atoms with van der Waals surface area (Å²) in [6.45, 7) is 6.25. The quantitative estimate of drug-likeness (QED) is 0.179. The van der Waals surface area contributed by atoms with Crippen molar-refractivity contribution in [2.24, 2.45) is 0 Å². The molecule has 3 N–H and O–H groups in total. The Hall–Kier alpha value is 0.557. The standard InChI is InChI=1S/C4H9.Li.H2O/c1-4(2)3;;/h1-3H3;;1H2/q-1;+1;/p+1. The Morgan fingerprint density at radius 1 is 1.00 bits per heavy atom. The van der Waals surface area contributed by atoms with Crippen LogP contribution in [0.5, 0.6) is 0 Å². The molecular formula is C4H12LiO+. The van der Waals surface area contributed by atoms with Gasteiger partial charge in [-0.3, -0.25) is 0 Å². The van der Waals surface area contributed by atoms with E-state index in [-0.39, 0.29) is 24.3 Å². The first-order chi connectivity index (χ1) is 1.73. The smallest absolute Gasteiger partial charge is 0.457 e. The van der Waals surface area contributed by atoms with E-state index < -0.39 is 0 Å². The first-order valence-electron chi connectivity index (χ1n) is 1.50. The van der Waals surface area contributed by atoms with Crippen LogP contribution in [0.4, 0.5) is 0 Å². The summed E-state index contributed by atoms with van der Waals surface area (Å²) in [6, 6.07) is 0. The molecule has 0 bridgehead atoms. The molecule has 0 rings (SSSR count). The average molecular weight is 83.1 g/mol. The summed E-state index contributed by atoms with van der Waals surface area (Å²) in [4.78, 5) is 0. The van der Waals surface area contributed by atoms with Crippen LogP contribution in [0.2, 0.25) is 0 Å². The van der Waals surface area contributed by atoms with E-state index in [0.29, 0.717) is 0 Å². The van der Waals surface area contributed by atoms with E-state index >= 15 is 0 Å². The molecule has 0 aromatic rings. The molecule has 34 valence electrons. The van der Waals surface area contributed by atoms with Crippen LogP contribution >= 0.6 is 0 Å². The van der Waals surface area contributed by atoms with E-state index in [1.807, 2.05) is 0 Å². The van der Waals surface area contributed by atoms with Crippen LogP contribution in [0.1, 0.15) is 20.8 Å². The molecule has 6 heavy (non-hydrogen) atoms. The molecule has 0 unspecified atom stereocenters. The van der Waals surface area contributed by atoms with Gasteiger partial charge < -0.3 is 11.4 Å². The zero-order valence-electron chi connectivity index (χ0n) is 5.08. The van der Waals surface area contributed by atoms with Crippen molar-refractivity contribution in [2.45, 2.75) is 20.8 Å². The van der Waals surface area contributed by atoms with Crippen LogP contribution in [0, 0.1) is 5.92 Å². The van der Waals surface area contributed by atoms with Gasteiger partial charge in [-0.05, 0) is 0 Å². The first-order valence-corrected chi connectivity index (χ1v) is 1.50. The second-order valence-electron chi connectivity index (χ2n) is 1.50. The molecule has 0 aliphatic heterocycles. The maximum absolute atomic E-state index is 2.08. The third kappa shape index (κ3) is 186. The number of hydrogen-bond acceptors (Lipinski definition) is 0. The summed E-state index contributed by atoms with van der Waals surface area (Å²) in [7, 11) is 0. The van der Waals surface area contributed by atoms with Crippen LogP contribution in [0.3, 0.4) is 0 Å². The van der Waals surface area contributed by atoms with Crippen LogP contribution in [0.15, 0.2) is 0 Å². The van der Waals surface area contributed by atoms with Gasteiger partial charge in [0.15, 0.2) is 0 Å². The molecule has 0 heterocycles. The van der Waals surface area contributed by atoms with Crippen LogP contribution in [0.25, 0.3) is 0 Å². The Balaban J connectivity index is -0.0000000450. The Morgan fingerprint density at radius 2 is 1.00 bits per heavy atom. The molecule has 2 heteroatoms. The van der Waals surface area contributed by atoms with Gasteiger partial charge in [-0.1, -0.05) is 0 Å². The Kier molecular flexibility index (Phi) is 24.3. The Bertz CT molecular complexity index is 12.3. The largest absolute Gasteiger partial charge is 1.00 e. The molecule has 0 aliphatic carbocycles. The van der Waals surface area contributed by atoms with Crippen molar-refractivity contribution in [1.29, 1.82) is 0 Å². The van der Waals surface area contributed by atoms with E-state index in [1.165, 1.54) is 5.92 Å². The molecule has 0 aromatic carbocycles. The molecule has 1 nitrogen and oxygen atoms in total. The van der Waals surface area contributed by atoms with Crippen molar-refractivity contribution < 1.29 is 24.3 Å². The van der Waals surface area contributed by atoms with Gasteiger partial charge in [0.25, 0.3) is 0 Å². The third-order valence-electron chi connectivity index (χ3n) is 0. The van der Waals surface area contributed by atoms with Gasteiger partial charge in [-0.2, -0.15) is 20.8 Å². The molecule has 0 radical (unpaired) electrons. The summed E-state index contributed by atoms with van der Waals surface area (Å²) in [5, 5.41) is 0. The maximum atomic E-state index is 2.08. The fourth-order valence-electron chi connectivity index (χ4n) is 0. The summed E-state index contributed by atoms with van der Waals surface area (Å²) < 4.78 is 0. The molecular weight excluding hydrogens is 71.0 g/mol. The minimum atomic E-state index is 0. The SMILES string of the molecule is C[C-](C)C.[Li+].[OH3+]. The van der Waals surface area contributed by atoms with Gasteiger partial charge in [-0.25, -0.2) is 0 Å². The molecule has 0 amide bonds. The molecule has 0 fully saturated rings. The van der Waals surface area contributed by atoms with Crippen LogP contribution in [-0.2, 0) is 5.48 Å². The zero-order valence-corrected chi connectivity index (χ0v) is 5.08. The average Bonchev–Trinajstić information content (AvgIpc) is 0.811. The van der Waals surface area contributed by atoms with Crippen molar-refractivity contribution in [2.75, 3.05) is 0 Å². The van der Waals surface area contributed by atoms with Gasteiger partial charge in [0.05, 0.1) is 0 Å². The Morgan fingerprint density at radius 3 is 1.00 bits per heavy atom. The molecule has 0 aliphatic rings. The Labute approximate surface area is 51.6 Å². The summed E-state index contributed by atoms with van der Waals surface area (Å²) in [6.07, 6.45) is 0. The van der Waals surface area contributed by atoms with Crippen LogP contribution < -0.4 is 18.9 Å². The van der Waals surface area contributed by atoms with Crippen molar-refractivity contribution >= 4 is 0 Å². The minimum absolute atomic E-state index is 0. The molecule has 0 atom stereocenters. The van der Waals surface area contributed by atoms with Crippen molar-refractivity contribution in [3.8, 4) is 0 Å². The fourth-order valence-corrected chi connectivity index (χ4v) is 0. The third-order valence-corrected chi connectivity index (χ3v) is 0. The summed E-state index contributed by atoms with van der Waals surface area (Å²) in [5.41, 5.74) is 0. The summed E-state index contributed by atoms with van der Waals surface area (Å²) >= 11 is 0. The van der Waals surface area contributed by atoms with Crippen molar-refractivity contribution in [1.82, 2.24) is 0 Å². The monoisotopic (exact) mass is 83.1 g/mol. The molecule has 0 saturated carbocycles. The second kappa shape index (κ2) is 9.12. The van der Waals surface area contributed by atoms with Gasteiger partial charge in [0.2, 0.25) is 0 Å². The van der Waals surface area contributed by atoms with Crippen molar-refractivity contribution in [3.05, 3.63) is 5.92 Å². The minimum Gasteiger partial charge on any atom is -0.457 e. The van der Waals surface area contributed by atoms with Gasteiger partial charge >= 0.3 is 18.9 Å². The predicted molar refractivity (Wildman–Crippen MR) is 25.1 cm³/mol. The van der Waals surface area contributed by atoms with Gasteiger partial charge in [0, 0.05) is 0 Å². The van der Waals surface area contributed by atoms with E-state index in [2.05, 4.69) is 20.8 Å². The number of hydrogen-bond donors (Lipinski definition) is 0. The van der Waals surface area contributed by atoms with E-state index in [9.17, 15) is 0 Å². The molecule has 0 saturated heterocycles. The topological polar surface area (TPSA) is 33.0 Å². The maximum Gasteiger partial charge on any atom is 1.00 e. The number of rotatable bonds is 0. The second-order valence-corrected chi connectivity index (χ2v) is 1.50. The van der Waals surface area contributed by atoms with E-state index in [1.54, 1.807) is 0 Å². The predicted octanol–water partition coefficient (Wildman–Crippen LogP) is -2.30. The molecule has 0 aromatic heterocycles. The first kappa shape index (κ1) is 16.0. The van der Waals surface area contributed by atoms with E-state index in [4.69, 9.17) is 0 Å². The van der Waals surface area contributed by atoms with Crippen molar-refractivity contribution in [3.63, 3.8) is 0 Å². The fraction of sp³-hybridized carbons (Fsp3) is 0.750. The van der Waals surface area contributed by atoms with Gasteiger partial charge in [-0.15, -0.1) is 0 Å². The summed E-state index contributed by atoms with van der Waals surface area (Å²) in [5.74, 6) is 1.42. The zero-order chi connectivity index (χ0) is 3.58. The van der Waals surface area contributed by atoms with Crippen LogP contribution in [-0.4, -0.2) is 0 Å². The molecule has 0 spiro atoms. The normalized spacial score (nSPS) is 6.00. The van der Waals surface area contributed by atoms with E-state index in [0.717, 1.165) is 0 Å². The van der Waals surface area contributed by atoms with Gasteiger partial charge in [0.1, 0.15) is 0 Å².